The van der Waals surface area contributed by atoms with Gasteiger partial charge in [0.2, 0.25) is 10.0 Å². The van der Waals surface area contributed by atoms with Gasteiger partial charge in [0.05, 0.1) is 9.92 Å². The molecule has 106 valence electrons. The molecule has 0 unspecified atom stereocenters. The number of sulfonamides is 1. The van der Waals surface area contributed by atoms with Crippen LogP contribution in [0.5, 0.6) is 0 Å². The van der Waals surface area contributed by atoms with E-state index < -0.39 is 10.0 Å². The highest BCUT2D eigenvalue weighted by atomic mass is 79.9. The van der Waals surface area contributed by atoms with E-state index >= 15 is 0 Å². The summed E-state index contributed by atoms with van der Waals surface area (Å²) < 4.78 is 27.2. The van der Waals surface area contributed by atoms with Gasteiger partial charge in [0.25, 0.3) is 0 Å². The predicted octanol–water partition coefficient (Wildman–Crippen LogP) is 2.47. The maximum atomic E-state index is 12.5. The molecule has 2 rings (SSSR count). The first kappa shape index (κ1) is 15.3. The molecule has 1 N–H and O–H groups in total. The molecule has 0 spiro atoms. The van der Waals surface area contributed by atoms with E-state index in [1.807, 2.05) is 0 Å². The maximum Gasteiger partial charge on any atom is 0.243 e. The molecule has 1 aromatic rings. The Morgan fingerprint density at radius 1 is 1.37 bits per heavy atom. The van der Waals surface area contributed by atoms with Gasteiger partial charge in [0.15, 0.2) is 0 Å². The zero-order valence-electron chi connectivity index (χ0n) is 10.6. The van der Waals surface area contributed by atoms with E-state index in [9.17, 15) is 8.42 Å². The summed E-state index contributed by atoms with van der Waals surface area (Å²) in [6.45, 7) is 1.71. The number of nitrogens with one attached hydrogen (secondary N) is 1. The fourth-order valence-corrected chi connectivity index (χ4v) is 4.10. The molecule has 1 heterocycles. The van der Waals surface area contributed by atoms with Crippen LogP contribution >= 0.6 is 27.5 Å². The van der Waals surface area contributed by atoms with Gasteiger partial charge in [-0.3, -0.25) is 0 Å². The van der Waals surface area contributed by atoms with Crippen molar-refractivity contribution < 1.29 is 8.42 Å². The smallest absolute Gasteiger partial charge is 0.243 e. The summed E-state index contributed by atoms with van der Waals surface area (Å²) in [6.07, 6.45) is 1.67. The quantitative estimate of drug-likeness (QED) is 0.893. The normalized spacial score (nSPS) is 17.9. The van der Waals surface area contributed by atoms with Gasteiger partial charge in [-0.25, -0.2) is 8.42 Å². The van der Waals surface area contributed by atoms with Crippen LogP contribution in [0.15, 0.2) is 27.6 Å². The third-order valence-corrected chi connectivity index (χ3v) is 6.53. The first-order valence-electron chi connectivity index (χ1n) is 6.07. The monoisotopic (exact) mass is 366 g/mol. The van der Waals surface area contributed by atoms with Crippen LogP contribution in [0.1, 0.15) is 12.8 Å². The Labute approximate surface area is 127 Å². The largest absolute Gasteiger partial charge is 0.317 e. The van der Waals surface area contributed by atoms with Crippen LogP contribution in [0.25, 0.3) is 0 Å². The van der Waals surface area contributed by atoms with Crippen molar-refractivity contribution in [1.29, 1.82) is 0 Å². The van der Waals surface area contributed by atoms with Crippen LogP contribution < -0.4 is 5.32 Å². The molecule has 1 fully saturated rings. The van der Waals surface area contributed by atoms with E-state index in [0.717, 1.165) is 25.9 Å². The van der Waals surface area contributed by atoms with Gasteiger partial charge in [-0.15, -0.1) is 0 Å². The van der Waals surface area contributed by atoms with Gasteiger partial charge in [0.1, 0.15) is 0 Å². The predicted molar refractivity (Wildman–Crippen MR) is 80.0 cm³/mol. The van der Waals surface area contributed by atoms with Crippen LogP contribution in [0.4, 0.5) is 0 Å². The molecule has 1 saturated heterocycles. The minimum absolute atomic E-state index is 0.0497. The number of benzene rings is 1. The Kier molecular flexibility index (Phi) is 4.89. The van der Waals surface area contributed by atoms with Gasteiger partial charge < -0.3 is 5.32 Å². The van der Waals surface area contributed by atoms with Crippen molar-refractivity contribution in [3.8, 4) is 0 Å². The minimum atomic E-state index is -3.48. The lowest BCUT2D eigenvalue weighted by atomic mass is 10.1. The molecule has 1 aliphatic heterocycles. The third-order valence-electron chi connectivity index (χ3n) is 3.39. The maximum absolute atomic E-state index is 12.5. The molecule has 1 aromatic carbocycles. The van der Waals surface area contributed by atoms with E-state index in [2.05, 4.69) is 21.2 Å². The Morgan fingerprint density at radius 2 is 2.00 bits per heavy atom. The topological polar surface area (TPSA) is 49.4 Å². The lowest BCUT2D eigenvalue weighted by Crippen LogP contribution is -2.43. The summed E-state index contributed by atoms with van der Waals surface area (Å²) in [4.78, 5) is 0.238. The van der Waals surface area contributed by atoms with Crippen molar-refractivity contribution in [2.24, 2.45) is 0 Å². The highest BCUT2D eigenvalue weighted by Gasteiger charge is 2.29. The zero-order valence-corrected chi connectivity index (χ0v) is 13.7. The molecule has 7 heteroatoms. The van der Waals surface area contributed by atoms with Crippen LogP contribution in [0, 0.1) is 0 Å². The van der Waals surface area contributed by atoms with Crippen molar-refractivity contribution >= 4 is 37.6 Å². The van der Waals surface area contributed by atoms with E-state index in [-0.39, 0.29) is 10.9 Å². The molecule has 0 aromatic heterocycles. The molecule has 0 atom stereocenters. The van der Waals surface area contributed by atoms with Gasteiger partial charge in [-0.05, 0) is 60.1 Å². The molecule has 0 bridgehead atoms. The number of piperidine rings is 1. The van der Waals surface area contributed by atoms with Gasteiger partial charge in [-0.2, -0.15) is 4.31 Å². The molecule has 0 aliphatic carbocycles. The third kappa shape index (κ3) is 3.31. The van der Waals surface area contributed by atoms with Crippen molar-refractivity contribution in [2.45, 2.75) is 23.8 Å². The summed E-state index contributed by atoms with van der Waals surface area (Å²) in [5.41, 5.74) is 0. The number of halogens is 2. The fourth-order valence-electron chi connectivity index (χ4n) is 2.17. The second-order valence-electron chi connectivity index (χ2n) is 4.58. The summed E-state index contributed by atoms with van der Waals surface area (Å²) in [7, 11) is -1.84. The number of hydrogen-bond acceptors (Lipinski definition) is 3. The molecular weight excluding hydrogens is 352 g/mol. The van der Waals surface area contributed by atoms with E-state index in [4.69, 9.17) is 11.6 Å². The average molecular weight is 368 g/mol. The first-order valence-corrected chi connectivity index (χ1v) is 8.68. The second kappa shape index (κ2) is 6.10. The van der Waals surface area contributed by atoms with Crippen LogP contribution in [0.3, 0.4) is 0 Å². The van der Waals surface area contributed by atoms with Crippen molar-refractivity contribution in [3.05, 3.63) is 27.7 Å². The molecule has 19 heavy (non-hydrogen) atoms. The molecule has 0 amide bonds. The summed E-state index contributed by atoms with van der Waals surface area (Å²) in [6, 6.07) is 4.76. The summed E-state index contributed by atoms with van der Waals surface area (Å²) >= 11 is 9.23. The lowest BCUT2D eigenvalue weighted by molar-refractivity contribution is 0.296. The van der Waals surface area contributed by atoms with E-state index in [0.29, 0.717) is 9.50 Å². The Balaban J connectivity index is 2.27. The molecular formula is C12H16BrClN2O2S. The average Bonchev–Trinajstić information content (AvgIpc) is 2.41. The molecule has 0 radical (unpaired) electrons. The van der Waals surface area contributed by atoms with E-state index in [1.54, 1.807) is 19.2 Å². The Morgan fingerprint density at radius 3 is 2.58 bits per heavy atom. The first-order chi connectivity index (χ1) is 8.93. The van der Waals surface area contributed by atoms with E-state index in [1.165, 1.54) is 10.4 Å². The standard InChI is InChI=1S/C12H16BrClN2O2S/c1-16(9-4-6-15-7-5-9)19(17,18)10-2-3-11(13)12(14)8-10/h2-3,8-9,15H,4-7H2,1H3. The second-order valence-corrected chi connectivity index (χ2v) is 7.84. The van der Waals surface area contributed by atoms with Gasteiger partial charge in [-0.1, -0.05) is 11.6 Å². The van der Waals surface area contributed by atoms with Gasteiger partial charge >= 0.3 is 0 Å². The molecule has 4 nitrogen and oxygen atoms in total. The summed E-state index contributed by atoms with van der Waals surface area (Å²) in [5, 5.41) is 3.63. The summed E-state index contributed by atoms with van der Waals surface area (Å²) in [5.74, 6) is 0. The number of hydrogen-bond donors (Lipinski definition) is 1. The molecule has 0 saturated carbocycles. The Bertz CT molecular complexity index is 559. The minimum Gasteiger partial charge on any atom is -0.317 e. The number of rotatable bonds is 3. The Hall–Kier alpha value is -0.140. The SMILES string of the molecule is CN(C1CCNCC1)S(=O)(=O)c1ccc(Br)c(Cl)c1. The lowest BCUT2D eigenvalue weighted by Gasteiger charge is -2.30. The highest BCUT2D eigenvalue weighted by molar-refractivity contribution is 9.10. The van der Waals surface area contributed by atoms with Crippen molar-refractivity contribution in [2.75, 3.05) is 20.1 Å². The molecule has 1 aliphatic rings. The van der Waals surface area contributed by atoms with Crippen molar-refractivity contribution in [1.82, 2.24) is 9.62 Å². The number of nitrogens with zero attached hydrogens (tertiary/aromatic N) is 1. The highest BCUT2D eigenvalue weighted by Crippen LogP contribution is 2.28. The fraction of sp³-hybridized carbons (Fsp3) is 0.500. The van der Waals surface area contributed by atoms with Gasteiger partial charge in [0, 0.05) is 17.6 Å². The van der Waals surface area contributed by atoms with Crippen LogP contribution in [-0.4, -0.2) is 38.9 Å². The zero-order chi connectivity index (χ0) is 14.0. The van der Waals surface area contributed by atoms with Crippen LogP contribution in [0.2, 0.25) is 5.02 Å². The van der Waals surface area contributed by atoms with Crippen LogP contribution in [-0.2, 0) is 10.0 Å². The van der Waals surface area contributed by atoms with Crippen molar-refractivity contribution in [3.63, 3.8) is 0 Å².